The van der Waals surface area contributed by atoms with E-state index in [0.717, 1.165) is 24.0 Å². The largest absolute Gasteiger partial charge is 0.392 e. The third kappa shape index (κ3) is 11.4. The number of anilines is 1. The van der Waals surface area contributed by atoms with Crippen molar-refractivity contribution >= 4 is 35.2 Å². The third-order valence-electron chi connectivity index (χ3n) is 6.02. The van der Waals surface area contributed by atoms with Gasteiger partial charge in [-0.25, -0.2) is 0 Å². The molecule has 5 amide bonds. The van der Waals surface area contributed by atoms with Gasteiger partial charge in [-0.15, -0.1) is 0 Å². The molecule has 0 radical (unpaired) electrons. The fourth-order valence-electron chi connectivity index (χ4n) is 3.98. The van der Waals surface area contributed by atoms with E-state index in [4.69, 9.17) is 0 Å². The van der Waals surface area contributed by atoms with Gasteiger partial charge in [-0.3, -0.25) is 28.9 Å². The van der Waals surface area contributed by atoms with Crippen LogP contribution in [0.1, 0.15) is 77.8 Å². The van der Waals surface area contributed by atoms with Gasteiger partial charge >= 0.3 is 0 Å². The Labute approximate surface area is 231 Å². The van der Waals surface area contributed by atoms with E-state index in [2.05, 4.69) is 16.0 Å². The number of rotatable bonds is 15. The lowest BCUT2D eigenvalue weighted by Crippen LogP contribution is -2.51. The molecule has 0 aliphatic carbocycles. The molecule has 1 aromatic rings. The zero-order valence-electron chi connectivity index (χ0n) is 23.8. The number of nitrogens with one attached hydrogen (secondary N) is 3. The Kier molecular flexibility index (Phi) is 15.4. The minimum Gasteiger partial charge on any atom is -0.392 e. The van der Waals surface area contributed by atoms with E-state index in [1.807, 2.05) is 40.7 Å². The van der Waals surface area contributed by atoms with E-state index in [-0.39, 0.29) is 49.1 Å². The maximum Gasteiger partial charge on any atom is 0.253 e. The molecule has 1 aliphatic rings. The Morgan fingerprint density at radius 1 is 0.974 bits per heavy atom. The number of aryl methyl sites for hydroxylation is 1. The van der Waals surface area contributed by atoms with Crippen molar-refractivity contribution in [1.82, 2.24) is 15.5 Å². The maximum absolute atomic E-state index is 12.7. The lowest BCUT2D eigenvalue weighted by molar-refractivity contribution is -0.137. The first kappa shape index (κ1) is 33.5. The van der Waals surface area contributed by atoms with Crippen LogP contribution in [0.4, 0.5) is 5.69 Å². The number of aliphatic hydroxyl groups is 1. The average Bonchev–Trinajstić information content (AvgIpc) is 3.24. The Bertz CT molecular complexity index is 1000. The zero-order chi connectivity index (χ0) is 29.4. The summed E-state index contributed by atoms with van der Waals surface area (Å²) in [5, 5.41) is 17.5. The molecule has 10 nitrogen and oxygen atoms in total. The van der Waals surface area contributed by atoms with Crippen molar-refractivity contribution in [2.45, 2.75) is 85.8 Å². The lowest BCUT2D eigenvalue weighted by Gasteiger charge is -2.22. The highest BCUT2D eigenvalue weighted by Gasteiger charge is 2.25. The molecule has 1 aliphatic heterocycles. The van der Waals surface area contributed by atoms with Gasteiger partial charge < -0.3 is 21.1 Å². The molecule has 39 heavy (non-hydrogen) atoms. The predicted molar refractivity (Wildman–Crippen MR) is 150 cm³/mol. The average molecular weight is 545 g/mol. The van der Waals surface area contributed by atoms with Gasteiger partial charge in [0.05, 0.1) is 13.2 Å². The highest BCUT2D eigenvalue weighted by Crippen LogP contribution is 2.19. The number of carbonyl (C=O) groups excluding carboxylic acids is 5. The summed E-state index contributed by atoms with van der Waals surface area (Å²) in [7, 11) is 0. The molecule has 1 heterocycles. The smallest absolute Gasteiger partial charge is 0.253 e. The molecule has 1 aromatic carbocycles. The van der Waals surface area contributed by atoms with Gasteiger partial charge in [-0.2, -0.15) is 0 Å². The van der Waals surface area contributed by atoms with E-state index in [1.165, 1.54) is 17.1 Å². The molecule has 0 bridgehead atoms. The topological polar surface area (TPSA) is 145 Å². The molecule has 10 heteroatoms. The first-order valence-corrected chi connectivity index (χ1v) is 13.8. The molecule has 4 N–H and O–H groups in total. The Balaban J connectivity index is 0.00000371. The van der Waals surface area contributed by atoms with Crippen molar-refractivity contribution in [2.24, 2.45) is 5.92 Å². The van der Waals surface area contributed by atoms with Gasteiger partial charge in [0.15, 0.2) is 0 Å². The first-order valence-electron chi connectivity index (χ1n) is 13.8. The number of nitrogens with zero attached hydrogens (tertiary/aromatic N) is 1. The standard InChI is InChI=1S/C27H38N4O6.C2H6/c1-4-8-20-15-19(17-32)10-11-21(20)29-23(34)16-28-27(37)26(18(2)3)30-22(33)9-6-5-7-14-31-24(35)12-13-25(31)36;1-2/h10-13,15,18,26,32H,4-9,14,16-17H2,1-3H3,(H,28,37)(H,29,34)(H,30,33);1-2H3. The number of imide groups is 1. The molecule has 0 saturated carbocycles. The fourth-order valence-corrected chi connectivity index (χ4v) is 3.98. The lowest BCUT2D eigenvalue weighted by atomic mass is 10.0. The normalized spacial score (nSPS) is 13.2. The van der Waals surface area contributed by atoms with Crippen molar-refractivity contribution in [2.75, 3.05) is 18.4 Å². The van der Waals surface area contributed by atoms with Crippen molar-refractivity contribution < 1.29 is 29.1 Å². The van der Waals surface area contributed by atoms with Crippen molar-refractivity contribution in [3.8, 4) is 0 Å². The quantitative estimate of drug-likeness (QED) is 0.197. The molecule has 216 valence electrons. The number of aliphatic hydroxyl groups excluding tert-OH is 1. The monoisotopic (exact) mass is 544 g/mol. The second kappa shape index (κ2) is 17.9. The highest BCUT2D eigenvalue weighted by atomic mass is 16.3. The Morgan fingerprint density at radius 3 is 2.23 bits per heavy atom. The van der Waals surface area contributed by atoms with Crippen LogP contribution in [0, 0.1) is 5.92 Å². The zero-order valence-corrected chi connectivity index (χ0v) is 23.8. The number of hydrogen-bond donors (Lipinski definition) is 4. The van der Waals surface area contributed by atoms with Crippen LogP contribution < -0.4 is 16.0 Å². The minimum absolute atomic E-state index is 0.0817. The summed E-state index contributed by atoms with van der Waals surface area (Å²) in [5.41, 5.74) is 2.32. The van der Waals surface area contributed by atoms with E-state index < -0.39 is 11.9 Å². The van der Waals surface area contributed by atoms with E-state index >= 15 is 0 Å². The number of carbonyl (C=O) groups is 5. The van der Waals surface area contributed by atoms with Gasteiger partial charge in [-0.05, 0) is 42.4 Å². The molecule has 0 saturated heterocycles. The van der Waals surface area contributed by atoms with Gasteiger partial charge in [0.2, 0.25) is 17.7 Å². The van der Waals surface area contributed by atoms with Gasteiger partial charge in [0, 0.05) is 30.8 Å². The molecular weight excluding hydrogens is 500 g/mol. The third-order valence-corrected chi connectivity index (χ3v) is 6.02. The van der Waals surface area contributed by atoms with E-state index in [0.29, 0.717) is 31.5 Å². The summed E-state index contributed by atoms with van der Waals surface area (Å²) in [6.45, 7) is 9.63. The first-order chi connectivity index (χ1) is 18.7. The highest BCUT2D eigenvalue weighted by molar-refractivity contribution is 6.12. The number of amides is 5. The van der Waals surface area contributed by atoms with Crippen LogP contribution in [0.15, 0.2) is 30.4 Å². The Hall–Kier alpha value is -3.53. The van der Waals surface area contributed by atoms with Gasteiger partial charge in [-0.1, -0.05) is 59.6 Å². The van der Waals surface area contributed by atoms with Crippen molar-refractivity contribution in [1.29, 1.82) is 0 Å². The van der Waals surface area contributed by atoms with E-state index in [9.17, 15) is 29.1 Å². The molecule has 0 spiro atoms. The van der Waals surface area contributed by atoms with Crippen LogP contribution in [-0.4, -0.2) is 58.7 Å². The molecule has 1 atom stereocenters. The second-order valence-electron chi connectivity index (χ2n) is 9.43. The number of unbranched alkanes of at least 4 members (excludes halogenated alkanes) is 2. The van der Waals surface area contributed by atoms with Crippen LogP contribution in [0.3, 0.4) is 0 Å². The molecule has 0 aromatic heterocycles. The molecule has 1 unspecified atom stereocenters. The summed E-state index contributed by atoms with van der Waals surface area (Å²) in [6, 6.07) is 4.54. The van der Waals surface area contributed by atoms with Crippen LogP contribution in [-0.2, 0) is 37.0 Å². The van der Waals surface area contributed by atoms with Crippen molar-refractivity contribution in [3.05, 3.63) is 41.5 Å². The van der Waals surface area contributed by atoms with Crippen LogP contribution in [0.2, 0.25) is 0 Å². The SMILES string of the molecule is CC.CCCc1cc(CO)ccc1NC(=O)CNC(=O)C(NC(=O)CCCCCN1C(=O)C=CC1=O)C(C)C. The van der Waals surface area contributed by atoms with Crippen LogP contribution in [0.25, 0.3) is 0 Å². The summed E-state index contributed by atoms with van der Waals surface area (Å²) < 4.78 is 0. The van der Waals surface area contributed by atoms with Gasteiger partial charge in [0.25, 0.3) is 11.8 Å². The van der Waals surface area contributed by atoms with Crippen molar-refractivity contribution in [3.63, 3.8) is 0 Å². The predicted octanol–water partition coefficient (Wildman–Crippen LogP) is 2.84. The second-order valence-corrected chi connectivity index (χ2v) is 9.43. The summed E-state index contributed by atoms with van der Waals surface area (Å²) in [5.74, 6) is -1.93. The molecular formula is C29H44N4O6. The summed E-state index contributed by atoms with van der Waals surface area (Å²) >= 11 is 0. The van der Waals surface area contributed by atoms with Crippen LogP contribution in [0.5, 0.6) is 0 Å². The minimum atomic E-state index is -0.786. The van der Waals surface area contributed by atoms with Crippen LogP contribution >= 0.6 is 0 Å². The Morgan fingerprint density at radius 2 is 1.64 bits per heavy atom. The molecule has 0 fully saturated rings. The number of benzene rings is 1. The number of hydrogen-bond acceptors (Lipinski definition) is 6. The maximum atomic E-state index is 12.7. The fraction of sp³-hybridized carbons (Fsp3) is 0.552. The van der Waals surface area contributed by atoms with E-state index in [1.54, 1.807) is 12.1 Å². The van der Waals surface area contributed by atoms with Gasteiger partial charge in [0.1, 0.15) is 6.04 Å². The summed E-state index contributed by atoms with van der Waals surface area (Å²) in [6.07, 6.45) is 6.12. The summed E-state index contributed by atoms with van der Waals surface area (Å²) in [4.78, 5) is 61.8. The molecule has 2 rings (SSSR count).